The zero-order valence-electron chi connectivity index (χ0n) is 6.27. The fraction of sp³-hybridized carbons (Fsp3) is 0.286. The van der Waals surface area contributed by atoms with E-state index >= 15 is 0 Å². The van der Waals surface area contributed by atoms with Crippen molar-refractivity contribution in [2.24, 2.45) is 0 Å². The molecule has 6 heteroatoms. The van der Waals surface area contributed by atoms with Crippen LogP contribution in [-0.4, -0.2) is 10.1 Å². The first-order valence-corrected chi connectivity index (χ1v) is 3.27. The Bertz CT molecular complexity index is 310. The Labute approximate surface area is 70.8 Å². The molecule has 1 aromatic rings. The van der Waals surface area contributed by atoms with Crippen LogP contribution in [0.4, 0.5) is 17.6 Å². The van der Waals surface area contributed by atoms with Crippen molar-refractivity contribution in [3.8, 4) is 0 Å². The summed E-state index contributed by atoms with van der Waals surface area (Å²) in [6.45, 7) is -0.649. The van der Waals surface area contributed by atoms with Crippen LogP contribution in [0, 0.1) is 5.82 Å². The molecule has 0 aliphatic heterocycles. The van der Waals surface area contributed by atoms with Crippen LogP contribution in [0.25, 0.3) is 0 Å². The van der Waals surface area contributed by atoms with Crippen molar-refractivity contribution in [1.29, 1.82) is 0 Å². The molecule has 0 fully saturated rings. The maximum Gasteiger partial charge on any atom is 0.419 e. The number of nitrogens with zero attached hydrogens (tertiary/aromatic N) is 1. The van der Waals surface area contributed by atoms with Gasteiger partial charge in [0.15, 0.2) is 5.82 Å². The normalized spacial score (nSPS) is 11.8. The van der Waals surface area contributed by atoms with E-state index in [0.717, 1.165) is 0 Å². The van der Waals surface area contributed by atoms with E-state index < -0.39 is 24.2 Å². The predicted octanol–water partition coefficient (Wildman–Crippen LogP) is 1.73. The first kappa shape index (κ1) is 9.91. The van der Waals surface area contributed by atoms with E-state index in [9.17, 15) is 17.6 Å². The SMILES string of the molecule is OCc1cc(C(F)(F)F)c(F)cn1. The first-order valence-electron chi connectivity index (χ1n) is 3.27. The highest BCUT2D eigenvalue weighted by Gasteiger charge is 2.34. The summed E-state index contributed by atoms with van der Waals surface area (Å²) < 4.78 is 48.6. The molecule has 1 N–H and O–H groups in total. The van der Waals surface area contributed by atoms with Crippen molar-refractivity contribution in [2.75, 3.05) is 0 Å². The summed E-state index contributed by atoms with van der Waals surface area (Å²) in [5.41, 5.74) is -1.62. The van der Waals surface area contributed by atoms with Crippen molar-refractivity contribution >= 4 is 0 Å². The molecule has 0 unspecified atom stereocenters. The predicted molar refractivity (Wildman–Crippen MR) is 35.1 cm³/mol. The van der Waals surface area contributed by atoms with E-state index in [-0.39, 0.29) is 5.69 Å². The zero-order valence-corrected chi connectivity index (χ0v) is 6.27. The lowest BCUT2D eigenvalue weighted by Crippen LogP contribution is -2.09. The van der Waals surface area contributed by atoms with Gasteiger partial charge >= 0.3 is 6.18 Å². The number of aliphatic hydroxyl groups excluding tert-OH is 1. The van der Waals surface area contributed by atoms with Gasteiger partial charge in [0.25, 0.3) is 0 Å². The highest BCUT2D eigenvalue weighted by Crippen LogP contribution is 2.31. The van der Waals surface area contributed by atoms with Crippen LogP contribution in [0.1, 0.15) is 11.3 Å². The molecule has 0 aliphatic carbocycles. The third kappa shape index (κ3) is 2.15. The zero-order chi connectivity index (χ0) is 10.1. The lowest BCUT2D eigenvalue weighted by molar-refractivity contribution is -0.140. The van der Waals surface area contributed by atoms with Crippen molar-refractivity contribution in [3.05, 3.63) is 29.3 Å². The van der Waals surface area contributed by atoms with Gasteiger partial charge in [-0.05, 0) is 6.07 Å². The van der Waals surface area contributed by atoms with Crippen LogP contribution in [0.2, 0.25) is 0 Å². The number of pyridine rings is 1. The molecular formula is C7H5F4NO. The monoisotopic (exact) mass is 195 g/mol. The van der Waals surface area contributed by atoms with Gasteiger partial charge in [0, 0.05) is 0 Å². The number of rotatable bonds is 1. The molecule has 0 amide bonds. The summed E-state index contributed by atoms with van der Waals surface area (Å²) in [5, 5.41) is 8.47. The van der Waals surface area contributed by atoms with Crippen LogP contribution < -0.4 is 0 Å². The second kappa shape index (κ2) is 3.29. The molecule has 0 atom stereocenters. The summed E-state index contributed by atoms with van der Waals surface area (Å²) >= 11 is 0. The van der Waals surface area contributed by atoms with Gasteiger partial charge in [0.1, 0.15) is 0 Å². The van der Waals surface area contributed by atoms with Gasteiger partial charge in [-0.15, -0.1) is 0 Å². The maximum atomic E-state index is 12.5. The Hall–Kier alpha value is -1.17. The summed E-state index contributed by atoms with van der Waals surface area (Å²) in [6.07, 6.45) is -4.31. The van der Waals surface area contributed by atoms with E-state index in [1.165, 1.54) is 0 Å². The van der Waals surface area contributed by atoms with E-state index in [0.29, 0.717) is 12.3 Å². The van der Waals surface area contributed by atoms with Gasteiger partial charge in [-0.3, -0.25) is 4.98 Å². The lowest BCUT2D eigenvalue weighted by atomic mass is 10.2. The van der Waals surface area contributed by atoms with Crippen LogP contribution in [0.15, 0.2) is 12.3 Å². The molecule has 0 bridgehead atoms. The van der Waals surface area contributed by atoms with Crippen LogP contribution >= 0.6 is 0 Å². The number of hydrogen-bond donors (Lipinski definition) is 1. The third-order valence-corrected chi connectivity index (χ3v) is 1.38. The topological polar surface area (TPSA) is 33.1 Å². The molecule has 0 saturated carbocycles. The Balaban J connectivity index is 3.19. The number of aliphatic hydroxyl groups is 1. The average Bonchev–Trinajstić information content (AvgIpc) is 2.03. The maximum absolute atomic E-state index is 12.5. The summed E-state index contributed by atoms with van der Waals surface area (Å²) in [5.74, 6) is -1.44. The Morgan fingerprint density at radius 1 is 1.38 bits per heavy atom. The summed E-state index contributed by atoms with van der Waals surface area (Å²) in [4.78, 5) is 3.25. The molecule has 1 heterocycles. The Morgan fingerprint density at radius 2 is 2.00 bits per heavy atom. The number of alkyl halides is 3. The van der Waals surface area contributed by atoms with Crippen molar-refractivity contribution in [2.45, 2.75) is 12.8 Å². The van der Waals surface area contributed by atoms with Crippen LogP contribution in [0.5, 0.6) is 0 Å². The fourth-order valence-electron chi connectivity index (χ4n) is 0.786. The van der Waals surface area contributed by atoms with E-state index in [2.05, 4.69) is 4.98 Å². The van der Waals surface area contributed by atoms with Crippen molar-refractivity contribution < 1.29 is 22.7 Å². The molecule has 0 radical (unpaired) electrons. The minimum atomic E-state index is -4.75. The molecule has 13 heavy (non-hydrogen) atoms. The van der Waals surface area contributed by atoms with Gasteiger partial charge in [-0.25, -0.2) is 4.39 Å². The van der Waals surface area contributed by atoms with Crippen molar-refractivity contribution in [3.63, 3.8) is 0 Å². The minimum Gasteiger partial charge on any atom is -0.390 e. The standard InChI is InChI=1S/C7H5F4NO/c8-6-2-12-4(3-13)1-5(6)7(9,10)11/h1-2,13H,3H2. The van der Waals surface area contributed by atoms with Gasteiger partial charge in [-0.1, -0.05) is 0 Å². The van der Waals surface area contributed by atoms with E-state index in [4.69, 9.17) is 5.11 Å². The van der Waals surface area contributed by atoms with Crippen LogP contribution in [0.3, 0.4) is 0 Å². The molecule has 72 valence electrons. The average molecular weight is 195 g/mol. The smallest absolute Gasteiger partial charge is 0.390 e. The fourth-order valence-corrected chi connectivity index (χ4v) is 0.786. The largest absolute Gasteiger partial charge is 0.419 e. The highest BCUT2D eigenvalue weighted by molar-refractivity contribution is 5.20. The van der Waals surface area contributed by atoms with Gasteiger partial charge in [-0.2, -0.15) is 13.2 Å². The van der Waals surface area contributed by atoms with Gasteiger partial charge in [0.05, 0.1) is 24.1 Å². The first-order chi connectivity index (χ1) is 5.95. The molecule has 1 aromatic heterocycles. The number of aromatic nitrogens is 1. The minimum absolute atomic E-state index is 0.214. The quantitative estimate of drug-likeness (QED) is 0.692. The number of halogens is 4. The molecule has 2 nitrogen and oxygen atoms in total. The van der Waals surface area contributed by atoms with Gasteiger partial charge < -0.3 is 5.11 Å². The number of hydrogen-bond acceptors (Lipinski definition) is 2. The lowest BCUT2D eigenvalue weighted by Gasteiger charge is -2.07. The molecule has 0 aromatic carbocycles. The second-order valence-electron chi connectivity index (χ2n) is 2.31. The molecule has 1 rings (SSSR count). The summed E-state index contributed by atoms with van der Waals surface area (Å²) in [7, 11) is 0. The molecule has 0 saturated heterocycles. The molecule has 0 spiro atoms. The third-order valence-electron chi connectivity index (χ3n) is 1.38. The van der Waals surface area contributed by atoms with Crippen molar-refractivity contribution in [1.82, 2.24) is 4.98 Å². The second-order valence-corrected chi connectivity index (χ2v) is 2.31. The van der Waals surface area contributed by atoms with E-state index in [1.807, 2.05) is 0 Å². The molecule has 0 aliphatic rings. The highest BCUT2D eigenvalue weighted by atomic mass is 19.4. The van der Waals surface area contributed by atoms with E-state index in [1.54, 1.807) is 0 Å². The Kier molecular flexibility index (Phi) is 2.51. The molecular weight excluding hydrogens is 190 g/mol. The summed E-state index contributed by atoms with van der Waals surface area (Å²) in [6, 6.07) is 0.481. The Morgan fingerprint density at radius 3 is 2.46 bits per heavy atom. The van der Waals surface area contributed by atoms with Gasteiger partial charge in [0.2, 0.25) is 0 Å². The van der Waals surface area contributed by atoms with Crippen LogP contribution in [-0.2, 0) is 12.8 Å².